The smallest absolute Gasteiger partial charge is 0.254 e. The van der Waals surface area contributed by atoms with Crippen LogP contribution in [0.15, 0.2) is 59.5 Å². The van der Waals surface area contributed by atoms with Gasteiger partial charge in [-0.25, -0.2) is 4.98 Å². The quantitative estimate of drug-likeness (QED) is 0.743. The van der Waals surface area contributed by atoms with Gasteiger partial charge in [-0.15, -0.1) is 0 Å². The van der Waals surface area contributed by atoms with Crippen molar-refractivity contribution >= 4 is 32.7 Å². The standard InChI is InChI=1S/C16H12BrN3O/c17-15-13(7-3-9-19-15)16(21)20-10-12-5-1-4-11-6-2-8-18-14(11)12/h1-9H,10H2,(H,20,21). The van der Waals surface area contributed by atoms with Crippen LogP contribution < -0.4 is 5.32 Å². The fourth-order valence-corrected chi connectivity index (χ4v) is 2.57. The zero-order chi connectivity index (χ0) is 14.7. The fraction of sp³-hybridized carbons (Fsp3) is 0.0625. The van der Waals surface area contributed by atoms with Crippen molar-refractivity contribution in [2.75, 3.05) is 0 Å². The Morgan fingerprint density at radius 3 is 2.67 bits per heavy atom. The van der Waals surface area contributed by atoms with Crippen molar-refractivity contribution in [3.8, 4) is 0 Å². The van der Waals surface area contributed by atoms with Gasteiger partial charge in [0.25, 0.3) is 5.91 Å². The van der Waals surface area contributed by atoms with Crippen LogP contribution in [0, 0.1) is 0 Å². The minimum atomic E-state index is -0.164. The zero-order valence-corrected chi connectivity index (χ0v) is 12.7. The van der Waals surface area contributed by atoms with Gasteiger partial charge in [-0.05, 0) is 39.7 Å². The maximum atomic E-state index is 12.2. The molecular weight excluding hydrogens is 330 g/mol. The van der Waals surface area contributed by atoms with Crippen molar-refractivity contribution in [2.45, 2.75) is 6.54 Å². The van der Waals surface area contributed by atoms with Gasteiger partial charge >= 0.3 is 0 Å². The number of benzene rings is 1. The number of nitrogens with zero attached hydrogens (tertiary/aromatic N) is 2. The topological polar surface area (TPSA) is 54.9 Å². The van der Waals surface area contributed by atoms with E-state index >= 15 is 0 Å². The lowest BCUT2D eigenvalue weighted by molar-refractivity contribution is 0.0950. The molecule has 0 aliphatic heterocycles. The number of carbonyl (C=O) groups is 1. The number of hydrogen-bond acceptors (Lipinski definition) is 3. The van der Waals surface area contributed by atoms with Crippen LogP contribution in [-0.2, 0) is 6.54 Å². The number of amides is 1. The Morgan fingerprint density at radius 2 is 1.81 bits per heavy atom. The number of fused-ring (bicyclic) bond motifs is 1. The SMILES string of the molecule is O=C(NCc1cccc2cccnc12)c1cccnc1Br. The van der Waals surface area contributed by atoms with E-state index in [0.29, 0.717) is 16.7 Å². The normalized spacial score (nSPS) is 10.5. The molecule has 0 unspecified atom stereocenters. The zero-order valence-electron chi connectivity index (χ0n) is 11.1. The second-order valence-corrected chi connectivity index (χ2v) is 5.27. The summed E-state index contributed by atoms with van der Waals surface area (Å²) in [7, 11) is 0. The number of hydrogen-bond donors (Lipinski definition) is 1. The van der Waals surface area contributed by atoms with Crippen LogP contribution in [0.2, 0.25) is 0 Å². The Balaban J connectivity index is 1.81. The van der Waals surface area contributed by atoms with Crippen molar-refractivity contribution in [3.05, 3.63) is 70.6 Å². The average Bonchev–Trinajstić information content (AvgIpc) is 2.53. The van der Waals surface area contributed by atoms with E-state index < -0.39 is 0 Å². The van der Waals surface area contributed by atoms with Crippen LogP contribution in [0.25, 0.3) is 10.9 Å². The molecule has 1 N–H and O–H groups in total. The summed E-state index contributed by atoms with van der Waals surface area (Å²) in [6.07, 6.45) is 3.39. The molecule has 2 heterocycles. The molecule has 0 fully saturated rings. The third-order valence-electron chi connectivity index (χ3n) is 3.16. The minimum absolute atomic E-state index is 0.164. The van der Waals surface area contributed by atoms with E-state index in [-0.39, 0.29) is 5.91 Å². The maximum absolute atomic E-state index is 12.2. The molecule has 1 aromatic carbocycles. The molecule has 0 spiro atoms. The third kappa shape index (κ3) is 2.92. The molecule has 21 heavy (non-hydrogen) atoms. The monoisotopic (exact) mass is 341 g/mol. The minimum Gasteiger partial charge on any atom is -0.348 e. The lowest BCUT2D eigenvalue weighted by Crippen LogP contribution is -2.23. The van der Waals surface area contributed by atoms with Gasteiger partial charge in [0.1, 0.15) is 4.60 Å². The number of rotatable bonds is 3. The first-order chi connectivity index (χ1) is 10.3. The Bertz CT molecular complexity index is 799. The van der Waals surface area contributed by atoms with E-state index in [4.69, 9.17) is 0 Å². The molecule has 0 bridgehead atoms. The Labute approximate surface area is 130 Å². The molecule has 0 aliphatic rings. The summed E-state index contributed by atoms with van der Waals surface area (Å²) in [5, 5.41) is 3.96. The van der Waals surface area contributed by atoms with E-state index in [9.17, 15) is 4.79 Å². The molecule has 3 rings (SSSR count). The van der Waals surface area contributed by atoms with Gasteiger partial charge in [-0.1, -0.05) is 24.3 Å². The van der Waals surface area contributed by atoms with Gasteiger partial charge in [-0.3, -0.25) is 9.78 Å². The van der Waals surface area contributed by atoms with Crippen molar-refractivity contribution in [2.24, 2.45) is 0 Å². The van der Waals surface area contributed by atoms with Gasteiger partial charge in [0.05, 0.1) is 11.1 Å². The molecular formula is C16H12BrN3O. The van der Waals surface area contributed by atoms with E-state index in [1.54, 1.807) is 24.5 Å². The van der Waals surface area contributed by atoms with Crippen LogP contribution >= 0.6 is 15.9 Å². The third-order valence-corrected chi connectivity index (χ3v) is 3.79. The molecule has 0 saturated heterocycles. The highest BCUT2D eigenvalue weighted by molar-refractivity contribution is 9.10. The number of para-hydroxylation sites is 1. The van der Waals surface area contributed by atoms with Crippen molar-refractivity contribution < 1.29 is 4.79 Å². The van der Waals surface area contributed by atoms with E-state index in [1.807, 2.05) is 30.3 Å². The van der Waals surface area contributed by atoms with Crippen LogP contribution in [0.1, 0.15) is 15.9 Å². The predicted molar refractivity (Wildman–Crippen MR) is 84.9 cm³/mol. The maximum Gasteiger partial charge on any atom is 0.254 e. The lowest BCUT2D eigenvalue weighted by atomic mass is 10.1. The van der Waals surface area contributed by atoms with E-state index in [2.05, 4.69) is 31.2 Å². The molecule has 0 atom stereocenters. The summed E-state index contributed by atoms with van der Waals surface area (Å²) >= 11 is 3.28. The molecule has 3 aromatic rings. The van der Waals surface area contributed by atoms with Crippen LogP contribution in [-0.4, -0.2) is 15.9 Å². The number of halogens is 1. The van der Waals surface area contributed by atoms with Crippen LogP contribution in [0.5, 0.6) is 0 Å². The van der Waals surface area contributed by atoms with Crippen molar-refractivity contribution in [3.63, 3.8) is 0 Å². The molecule has 4 nitrogen and oxygen atoms in total. The van der Waals surface area contributed by atoms with Gasteiger partial charge in [0.15, 0.2) is 0 Å². The van der Waals surface area contributed by atoms with Crippen LogP contribution in [0.4, 0.5) is 0 Å². The highest BCUT2D eigenvalue weighted by Gasteiger charge is 2.10. The first kappa shape index (κ1) is 13.7. The van der Waals surface area contributed by atoms with E-state index in [0.717, 1.165) is 16.5 Å². The van der Waals surface area contributed by atoms with Gasteiger partial charge in [-0.2, -0.15) is 0 Å². The average molecular weight is 342 g/mol. The van der Waals surface area contributed by atoms with Gasteiger partial charge in [0.2, 0.25) is 0 Å². The Hall–Kier alpha value is -2.27. The fourth-order valence-electron chi connectivity index (χ4n) is 2.14. The molecule has 2 aromatic heterocycles. The van der Waals surface area contributed by atoms with Crippen molar-refractivity contribution in [1.82, 2.24) is 15.3 Å². The summed E-state index contributed by atoms with van der Waals surface area (Å²) in [6, 6.07) is 13.3. The predicted octanol–water partition coefficient (Wildman–Crippen LogP) is 3.32. The molecule has 0 saturated carbocycles. The molecule has 1 amide bonds. The Morgan fingerprint density at radius 1 is 1.05 bits per heavy atom. The molecule has 0 aliphatic carbocycles. The summed E-state index contributed by atoms with van der Waals surface area (Å²) < 4.78 is 0.540. The molecule has 104 valence electrons. The van der Waals surface area contributed by atoms with Gasteiger partial charge in [0, 0.05) is 24.3 Å². The molecule has 5 heteroatoms. The molecule has 0 radical (unpaired) electrons. The second kappa shape index (κ2) is 6.01. The van der Waals surface area contributed by atoms with Crippen molar-refractivity contribution in [1.29, 1.82) is 0 Å². The summed E-state index contributed by atoms with van der Waals surface area (Å²) in [5.74, 6) is -0.164. The Kier molecular flexibility index (Phi) is 3.92. The number of carbonyl (C=O) groups excluding carboxylic acids is 1. The summed E-state index contributed by atoms with van der Waals surface area (Å²) in [6.45, 7) is 0.425. The summed E-state index contributed by atoms with van der Waals surface area (Å²) in [5.41, 5.74) is 2.41. The highest BCUT2D eigenvalue weighted by Crippen LogP contribution is 2.16. The highest BCUT2D eigenvalue weighted by atomic mass is 79.9. The largest absolute Gasteiger partial charge is 0.348 e. The van der Waals surface area contributed by atoms with Crippen LogP contribution in [0.3, 0.4) is 0 Å². The first-order valence-corrected chi connectivity index (χ1v) is 7.26. The number of pyridine rings is 2. The lowest BCUT2D eigenvalue weighted by Gasteiger charge is -2.08. The summed E-state index contributed by atoms with van der Waals surface area (Å²) in [4.78, 5) is 20.6. The number of nitrogens with one attached hydrogen (secondary N) is 1. The first-order valence-electron chi connectivity index (χ1n) is 6.47. The second-order valence-electron chi connectivity index (χ2n) is 4.52. The number of aromatic nitrogens is 2. The van der Waals surface area contributed by atoms with Gasteiger partial charge < -0.3 is 5.32 Å². The van der Waals surface area contributed by atoms with E-state index in [1.165, 1.54) is 0 Å².